The van der Waals surface area contributed by atoms with Gasteiger partial charge in [-0.15, -0.1) is 23.7 Å². The van der Waals surface area contributed by atoms with Crippen molar-refractivity contribution in [1.29, 1.82) is 0 Å². The van der Waals surface area contributed by atoms with E-state index in [-0.39, 0.29) is 17.8 Å². The zero-order chi connectivity index (χ0) is 17.9. The maximum absolute atomic E-state index is 5.69. The van der Waals surface area contributed by atoms with Crippen molar-refractivity contribution < 1.29 is 4.52 Å². The summed E-state index contributed by atoms with van der Waals surface area (Å²) in [5, 5.41) is 8.55. The predicted octanol–water partition coefficient (Wildman–Crippen LogP) is 4.55. The Hall–Kier alpha value is -1.50. The Bertz CT molecular complexity index is 795. The Morgan fingerprint density at radius 1 is 1.19 bits per heavy atom. The van der Waals surface area contributed by atoms with Crippen molar-refractivity contribution >= 4 is 34.0 Å². The van der Waals surface area contributed by atoms with E-state index in [2.05, 4.69) is 49.4 Å². The summed E-state index contributed by atoms with van der Waals surface area (Å²) in [7, 11) is 1.95. The Balaban J connectivity index is 0.00000243. The van der Waals surface area contributed by atoms with Gasteiger partial charge >= 0.3 is 0 Å². The van der Waals surface area contributed by atoms with Gasteiger partial charge in [-0.2, -0.15) is 4.98 Å². The minimum atomic E-state index is -0.151. The topological polar surface area (TPSA) is 63.8 Å². The number of hydrogen-bond donors (Lipinski definition) is 1. The summed E-state index contributed by atoms with van der Waals surface area (Å²) in [4.78, 5) is 9.53. The monoisotopic (exact) mass is 394 g/mol. The second kappa shape index (κ2) is 8.93. The lowest BCUT2D eigenvalue weighted by Crippen LogP contribution is -2.28. The number of likely N-dealkylation sites (N-methyl/N-ethyl adjacent to an activating group) is 1. The third kappa shape index (κ3) is 4.24. The molecule has 1 atom stereocenters. The average molecular weight is 395 g/mol. The summed E-state index contributed by atoms with van der Waals surface area (Å²) in [5.41, 5.74) is 0.917. The van der Waals surface area contributed by atoms with E-state index in [1.165, 1.54) is 4.70 Å². The van der Waals surface area contributed by atoms with E-state index < -0.39 is 0 Å². The number of halogens is 1. The van der Waals surface area contributed by atoms with Crippen molar-refractivity contribution in [3.05, 3.63) is 41.0 Å². The van der Waals surface area contributed by atoms with Crippen LogP contribution in [0.5, 0.6) is 0 Å². The molecule has 2 aromatic heterocycles. The highest BCUT2D eigenvalue weighted by molar-refractivity contribution is 7.18. The number of nitrogens with zero attached hydrogens (tertiary/aromatic N) is 3. The van der Waals surface area contributed by atoms with Gasteiger partial charge in [0.2, 0.25) is 5.89 Å². The van der Waals surface area contributed by atoms with Crippen LogP contribution in [0.2, 0.25) is 0 Å². The molecule has 142 valence electrons. The molecule has 0 aliphatic carbocycles. The lowest BCUT2D eigenvalue weighted by Gasteiger charge is -2.26. The molecule has 1 aromatic carbocycles. The van der Waals surface area contributed by atoms with E-state index in [4.69, 9.17) is 14.5 Å². The van der Waals surface area contributed by atoms with Crippen molar-refractivity contribution in [2.75, 3.05) is 7.05 Å². The quantitative estimate of drug-likeness (QED) is 0.607. The summed E-state index contributed by atoms with van der Waals surface area (Å²) in [5.74, 6) is 1.52. The molecule has 0 amide bonds. The van der Waals surface area contributed by atoms with Gasteiger partial charge in [-0.25, -0.2) is 4.98 Å². The van der Waals surface area contributed by atoms with E-state index >= 15 is 0 Å². The van der Waals surface area contributed by atoms with Crippen LogP contribution in [0.25, 0.3) is 10.2 Å². The normalized spacial score (nSPS) is 12.9. The van der Waals surface area contributed by atoms with Crippen LogP contribution >= 0.6 is 23.7 Å². The summed E-state index contributed by atoms with van der Waals surface area (Å²) in [6.45, 7) is 6.50. The zero-order valence-corrected chi connectivity index (χ0v) is 17.4. The molecule has 1 N–H and O–H groups in total. The van der Waals surface area contributed by atoms with Crippen LogP contribution < -0.4 is 5.32 Å². The molecule has 2 heterocycles. The van der Waals surface area contributed by atoms with Crippen LogP contribution in [0, 0.1) is 0 Å². The zero-order valence-electron chi connectivity index (χ0n) is 15.8. The first-order valence-corrected chi connectivity index (χ1v) is 9.76. The van der Waals surface area contributed by atoms with Crippen LogP contribution in [0.4, 0.5) is 0 Å². The molecule has 0 aliphatic rings. The summed E-state index contributed by atoms with van der Waals surface area (Å²) in [6, 6.07) is 8.61. The van der Waals surface area contributed by atoms with Gasteiger partial charge in [-0.3, -0.25) is 0 Å². The fraction of sp³-hybridized carbons (Fsp3) is 0.526. The van der Waals surface area contributed by atoms with Crippen LogP contribution in [-0.4, -0.2) is 28.2 Å². The van der Waals surface area contributed by atoms with Crippen LogP contribution in [0.1, 0.15) is 50.3 Å². The third-order valence-electron chi connectivity index (χ3n) is 5.08. The van der Waals surface area contributed by atoms with Gasteiger partial charge in [0.1, 0.15) is 0 Å². The van der Waals surface area contributed by atoms with E-state index in [1.54, 1.807) is 11.3 Å². The summed E-state index contributed by atoms with van der Waals surface area (Å²) >= 11 is 1.76. The largest absolute Gasteiger partial charge is 0.339 e. The molecule has 5 nitrogen and oxygen atoms in total. The molecule has 0 spiro atoms. The smallest absolute Gasteiger partial charge is 0.233 e. The molecule has 0 saturated heterocycles. The highest BCUT2D eigenvalue weighted by Crippen LogP contribution is 2.36. The van der Waals surface area contributed by atoms with Crippen LogP contribution in [0.3, 0.4) is 0 Å². The lowest BCUT2D eigenvalue weighted by atomic mass is 9.79. The Morgan fingerprint density at radius 3 is 2.58 bits per heavy atom. The number of fused-ring (bicyclic) bond motifs is 1. The van der Waals surface area contributed by atoms with Gasteiger partial charge in [0.05, 0.1) is 20.6 Å². The highest BCUT2D eigenvalue weighted by atomic mass is 35.5. The van der Waals surface area contributed by atoms with Crippen molar-refractivity contribution in [2.24, 2.45) is 0 Å². The number of benzene rings is 1. The van der Waals surface area contributed by atoms with Crippen molar-refractivity contribution in [2.45, 2.75) is 57.9 Å². The molecule has 3 aromatic rings. The Morgan fingerprint density at radius 2 is 1.92 bits per heavy atom. The fourth-order valence-corrected chi connectivity index (χ4v) is 4.20. The SMILES string of the molecule is CCC(CC)(Cc1nc2ccccc2s1)c1nc(CC(C)NC)no1.Cl. The van der Waals surface area contributed by atoms with Crippen molar-refractivity contribution in [1.82, 2.24) is 20.4 Å². The first-order valence-electron chi connectivity index (χ1n) is 8.95. The molecule has 3 rings (SSSR count). The molecule has 0 fully saturated rings. The average Bonchev–Trinajstić information content (AvgIpc) is 3.26. The van der Waals surface area contributed by atoms with E-state index in [1.807, 2.05) is 13.1 Å². The number of aromatic nitrogens is 3. The third-order valence-corrected chi connectivity index (χ3v) is 6.12. The molecule has 0 radical (unpaired) electrons. The minimum Gasteiger partial charge on any atom is -0.339 e. The highest BCUT2D eigenvalue weighted by Gasteiger charge is 2.36. The van der Waals surface area contributed by atoms with E-state index in [0.717, 1.165) is 47.9 Å². The lowest BCUT2D eigenvalue weighted by molar-refractivity contribution is 0.258. The number of hydrogen-bond acceptors (Lipinski definition) is 6. The predicted molar refractivity (Wildman–Crippen MR) is 109 cm³/mol. The molecule has 0 aliphatic heterocycles. The summed E-state index contributed by atoms with van der Waals surface area (Å²) < 4.78 is 6.92. The standard InChI is InChI=1S/C19H26N4OS.ClH/c1-5-19(6-2,18-22-16(23-24-18)11-13(3)20-4)12-17-21-14-9-7-8-10-15(14)25-17;/h7-10,13,20H,5-6,11-12H2,1-4H3;1H. The van der Waals surface area contributed by atoms with E-state index in [0.29, 0.717) is 6.04 Å². The van der Waals surface area contributed by atoms with Gasteiger partial charge in [-0.1, -0.05) is 31.1 Å². The second-order valence-corrected chi connectivity index (χ2v) is 7.76. The molecule has 1 unspecified atom stereocenters. The minimum absolute atomic E-state index is 0. The van der Waals surface area contributed by atoms with E-state index in [9.17, 15) is 0 Å². The van der Waals surface area contributed by atoms with Gasteiger partial charge in [0.25, 0.3) is 0 Å². The van der Waals surface area contributed by atoms with Crippen LogP contribution in [0.15, 0.2) is 28.8 Å². The Kier molecular flexibility index (Phi) is 7.15. The number of rotatable bonds is 8. The maximum Gasteiger partial charge on any atom is 0.233 e. The van der Waals surface area contributed by atoms with Crippen LogP contribution in [-0.2, 0) is 18.3 Å². The fourth-order valence-electron chi connectivity index (χ4n) is 3.09. The second-order valence-electron chi connectivity index (χ2n) is 6.65. The summed E-state index contributed by atoms with van der Waals surface area (Å²) in [6.07, 6.45) is 3.50. The number of para-hydroxylation sites is 1. The van der Waals surface area contributed by atoms with Crippen molar-refractivity contribution in [3.8, 4) is 0 Å². The number of nitrogens with one attached hydrogen (secondary N) is 1. The van der Waals surface area contributed by atoms with Gasteiger partial charge in [0, 0.05) is 18.9 Å². The maximum atomic E-state index is 5.69. The first-order chi connectivity index (χ1) is 12.1. The molecule has 26 heavy (non-hydrogen) atoms. The molecular weight excluding hydrogens is 368 g/mol. The molecular formula is C19H27ClN4OS. The number of thiazole rings is 1. The van der Waals surface area contributed by atoms with Gasteiger partial charge in [-0.05, 0) is 38.9 Å². The molecule has 7 heteroatoms. The van der Waals surface area contributed by atoms with Gasteiger partial charge < -0.3 is 9.84 Å². The molecule has 0 bridgehead atoms. The molecule has 0 saturated carbocycles. The first kappa shape index (κ1) is 20.8. The van der Waals surface area contributed by atoms with Crippen molar-refractivity contribution in [3.63, 3.8) is 0 Å². The Labute approximate surface area is 165 Å². The van der Waals surface area contributed by atoms with Gasteiger partial charge in [0.15, 0.2) is 5.82 Å².